The number of para-hydroxylation sites is 2. The topological polar surface area (TPSA) is 67.2 Å². The minimum Gasteiger partial charge on any atom is -0.352 e. The van der Waals surface area contributed by atoms with E-state index >= 15 is 0 Å². The van der Waals surface area contributed by atoms with Crippen LogP contribution in [-0.2, 0) is 17.8 Å². The van der Waals surface area contributed by atoms with Crippen molar-refractivity contribution in [1.82, 2.24) is 19.8 Å². The molecule has 202 valence electrons. The lowest BCUT2D eigenvalue weighted by molar-refractivity contribution is -0.138. The highest BCUT2D eigenvalue weighted by atomic mass is 16.2. The van der Waals surface area contributed by atoms with E-state index in [1.807, 2.05) is 49.4 Å². The zero-order valence-corrected chi connectivity index (χ0v) is 22.8. The number of nitrogens with zero attached hydrogens (tertiary/aromatic N) is 3. The van der Waals surface area contributed by atoms with Gasteiger partial charge in [0.1, 0.15) is 12.4 Å². The number of hydrogen-bond donors (Lipinski definition) is 1. The van der Waals surface area contributed by atoms with Crippen molar-refractivity contribution in [3.63, 3.8) is 0 Å². The van der Waals surface area contributed by atoms with Crippen molar-refractivity contribution in [2.24, 2.45) is 0 Å². The Morgan fingerprint density at radius 3 is 2.18 bits per heavy atom. The first-order valence-electron chi connectivity index (χ1n) is 14.7. The highest BCUT2D eigenvalue weighted by molar-refractivity contribution is 5.94. The maximum absolute atomic E-state index is 14.0. The normalized spacial score (nSPS) is 17.0. The molecule has 38 heavy (non-hydrogen) atoms. The Balaban J connectivity index is 1.29. The smallest absolute Gasteiger partial charge is 0.251 e. The van der Waals surface area contributed by atoms with Crippen molar-refractivity contribution in [1.29, 1.82) is 0 Å². The summed E-state index contributed by atoms with van der Waals surface area (Å²) in [5.41, 5.74) is 3.77. The van der Waals surface area contributed by atoms with Crippen LogP contribution in [0.4, 0.5) is 0 Å². The molecule has 0 saturated heterocycles. The second kappa shape index (κ2) is 12.6. The highest BCUT2D eigenvalue weighted by Gasteiger charge is 2.33. The fourth-order valence-corrected chi connectivity index (χ4v) is 6.39. The lowest BCUT2D eigenvalue weighted by Gasteiger charge is -2.42. The Bertz CT molecular complexity index is 1200. The van der Waals surface area contributed by atoms with Crippen LogP contribution in [0.15, 0.2) is 48.5 Å². The van der Waals surface area contributed by atoms with E-state index in [0.29, 0.717) is 37.2 Å². The fraction of sp³-hybridized carbons (Fsp3) is 0.531. The van der Waals surface area contributed by atoms with Gasteiger partial charge in [-0.15, -0.1) is 0 Å². The van der Waals surface area contributed by atoms with Gasteiger partial charge in [0.15, 0.2) is 0 Å². The first-order valence-corrected chi connectivity index (χ1v) is 14.7. The molecule has 1 aromatic heterocycles. The van der Waals surface area contributed by atoms with E-state index in [4.69, 9.17) is 4.98 Å². The number of benzene rings is 2. The van der Waals surface area contributed by atoms with Gasteiger partial charge in [-0.2, -0.15) is 0 Å². The van der Waals surface area contributed by atoms with Crippen LogP contribution in [0.25, 0.3) is 11.0 Å². The maximum Gasteiger partial charge on any atom is 0.251 e. The van der Waals surface area contributed by atoms with Crippen molar-refractivity contribution in [2.45, 2.75) is 103 Å². The summed E-state index contributed by atoms with van der Waals surface area (Å²) in [6, 6.07) is 16.5. The van der Waals surface area contributed by atoms with E-state index in [1.54, 1.807) is 0 Å². The summed E-state index contributed by atoms with van der Waals surface area (Å²) in [5, 5.41) is 3.04. The predicted molar refractivity (Wildman–Crippen MR) is 152 cm³/mol. The highest BCUT2D eigenvalue weighted by Crippen LogP contribution is 2.31. The van der Waals surface area contributed by atoms with Crippen molar-refractivity contribution in [2.75, 3.05) is 6.54 Å². The molecule has 2 aliphatic carbocycles. The second-order valence-corrected chi connectivity index (χ2v) is 11.2. The van der Waals surface area contributed by atoms with Crippen LogP contribution in [-0.4, -0.2) is 44.9 Å². The number of fused-ring (bicyclic) bond motifs is 1. The molecule has 2 aromatic carbocycles. The number of rotatable bonds is 9. The molecule has 1 heterocycles. The molecule has 2 aliphatic rings. The molecular formula is C32H42N4O2. The minimum atomic E-state index is -0.0516. The standard InChI is InChI=1S/C32H42N4O2/c1-24-18-20-25(21-19-24)32(38)33-22-10-17-30-34-28-15-8-9-16-29(28)35(30)23-31(37)36(26-11-4-2-5-12-26)27-13-6-3-7-14-27/h8-9,15-16,18-21,26-27H,2-7,10-14,17,22-23H2,1H3,(H,33,38). The van der Waals surface area contributed by atoms with Crippen LogP contribution in [0.2, 0.25) is 0 Å². The summed E-state index contributed by atoms with van der Waals surface area (Å²) in [6.45, 7) is 2.93. The Labute approximate surface area is 226 Å². The van der Waals surface area contributed by atoms with Gasteiger partial charge in [0.2, 0.25) is 5.91 Å². The lowest BCUT2D eigenvalue weighted by Crippen LogP contribution is -2.50. The van der Waals surface area contributed by atoms with E-state index in [1.165, 1.54) is 38.5 Å². The van der Waals surface area contributed by atoms with Crippen LogP contribution >= 0.6 is 0 Å². The Morgan fingerprint density at radius 2 is 1.53 bits per heavy atom. The summed E-state index contributed by atoms with van der Waals surface area (Å²) >= 11 is 0. The van der Waals surface area contributed by atoms with Gasteiger partial charge >= 0.3 is 0 Å². The van der Waals surface area contributed by atoms with Crippen LogP contribution < -0.4 is 5.32 Å². The van der Waals surface area contributed by atoms with Gasteiger partial charge < -0.3 is 14.8 Å². The third kappa shape index (κ3) is 6.28. The minimum absolute atomic E-state index is 0.0516. The molecule has 0 bridgehead atoms. The van der Waals surface area contributed by atoms with E-state index in [9.17, 15) is 9.59 Å². The van der Waals surface area contributed by atoms with Gasteiger partial charge in [-0.25, -0.2) is 4.98 Å². The van der Waals surface area contributed by atoms with Crippen molar-refractivity contribution in [3.05, 3.63) is 65.5 Å². The maximum atomic E-state index is 14.0. The molecule has 2 amide bonds. The lowest BCUT2D eigenvalue weighted by atomic mass is 9.88. The zero-order valence-electron chi connectivity index (χ0n) is 22.8. The van der Waals surface area contributed by atoms with Crippen molar-refractivity contribution >= 4 is 22.8 Å². The largest absolute Gasteiger partial charge is 0.352 e. The summed E-state index contributed by atoms with van der Waals surface area (Å²) < 4.78 is 2.14. The summed E-state index contributed by atoms with van der Waals surface area (Å²) in [5.74, 6) is 1.13. The quantitative estimate of drug-likeness (QED) is 0.346. The molecular weight excluding hydrogens is 472 g/mol. The molecule has 5 rings (SSSR count). The predicted octanol–water partition coefficient (Wildman–Crippen LogP) is 6.20. The molecule has 2 fully saturated rings. The number of nitrogens with one attached hydrogen (secondary N) is 1. The van der Waals surface area contributed by atoms with E-state index < -0.39 is 0 Å². The van der Waals surface area contributed by atoms with E-state index in [-0.39, 0.29) is 11.8 Å². The monoisotopic (exact) mass is 514 g/mol. The third-order valence-electron chi connectivity index (χ3n) is 8.43. The number of carbonyl (C=O) groups excluding carboxylic acids is 2. The van der Waals surface area contributed by atoms with Gasteiger partial charge in [0.05, 0.1) is 11.0 Å². The first kappa shape index (κ1) is 26.5. The molecule has 6 heteroatoms. The van der Waals surface area contributed by atoms with E-state index in [2.05, 4.69) is 20.9 Å². The summed E-state index contributed by atoms with van der Waals surface area (Å²) in [4.78, 5) is 33.8. The Morgan fingerprint density at radius 1 is 0.895 bits per heavy atom. The van der Waals surface area contributed by atoms with Gasteiger partial charge in [-0.05, 0) is 63.3 Å². The Hall–Kier alpha value is -3.15. The number of aryl methyl sites for hydroxylation is 2. The second-order valence-electron chi connectivity index (χ2n) is 11.2. The van der Waals surface area contributed by atoms with Gasteiger partial charge in [0, 0.05) is 30.6 Å². The molecule has 2 saturated carbocycles. The SMILES string of the molecule is Cc1ccc(C(=O)NCCCc2nc3ccccc3n2CC(=O)N(C2CCCCC2)C2CCCCC2)cc1. The molecule has 0 unspecified atom stereocenters. The first-order chi connectivity index (χ1) is 18.6. The van der Waals surface area contributed by atoms with Crippen LogP contribution in [0.1, 0.15) is 92.4 Å². The molecule has 0 atom stereocenters. The molecule has 0 spiro atoms. The number of carbonyl (C=O) groups is 2. The molecule has 0 radical (unpaired) electrons. The summed E-state index contributed by atoms with van der Waals surface area (Å²) in [7, 11) is 0. The van der Waals surface area contributed by atoms with Crippen LogP contribution in [0, 0.1) is 6.92 Å². The van der Waals surface area contributed by atoms with Crippen molar-refractivity contribution in [3.8, 4) is 0 Å². The molecule has 1 N–H and O–H groups in total. The van der Waals surface area contributed by atoms with E-state index in [0.717, 1.165) is 54.5 Å². The number of aromatic nitrogens is 2. The van der Waals surface area contributed by atoms with Crippen LogP contribution in [0.5, 0.6) is 0 Å². The van der Waals surface area contributed by atoms with Crippen LogP contribution in [0.3, 0.4) is 0 Å². The molecule has 6 nitrogen and oxygen atoms in total. The van der Waals surface area contributed by atoms with Gasteiger partial charge in [0.25, 0.3) is 5.91 Å². The van der Waals surface area contributed by atoms with Crippen molar-refractivity contribution < 1.29 is 9.59 Å². The average molecular weight is 515 g/mol. The average Bonchev–Trinajstić information content (AvgIpc) is 3.29. The molecule has 3 aromatic rings. The fourth-order valence-electron chi connectivity index (χ4n) is 6.39. The third-order valence-corrected chi connectivity index (χ3v) is 8.43. The van der Waals surface area contributed by atoms with Gasteiger partial charge in [-0.1, -0.05) is 68.4 Å². The number of imidazole rings is 1. The zero-order chi connectivity index (χ0) is 26.3. The summed E-state index contributed by atoms with van der Waals surface area (Å²) in [6.07, 6.45) is 13.5. The number of amides is 2. The Kier molecular flexibility index (Phi) is 8.77. The molecule has 0 aliphatic heterocycles. The van der Waals surface area contributed by atoms with Gasteiger partial charge in [-0.3, -0.25) is 9.59 Å². The number of hydrogen-bond acceptors (Lipinski definition) is 3.